The van der Waals surface area contributed by atoms with Gasteiger partial charge in [0.25, 0.3) is 0 Å². The summed E-state index contributed by atoms with van der Waals surface area (Å²) in [4.78, 5) is 0. The second-order valence-corrected chi connectivity index (χ2v) is 11.0. The number of hydrogen-bond donors (Lipinski definition) is 0. The summed E-state index contributed by atoms with van der Waals surface area (Å²) in [5.41, 5.74) is 7.34. The molecule has 0 atom stereocenters. The molecule has 0 fully saturated rings. The molecule has 0 aliphatic heterocycles. The lowest BCUT2D eigenvalue weighted by Gasteiger charge is -2.39. The Morgan fingerprint density at radius 2 is 1.68 bits per heavy atom. The van der Waals surface area contributed by atoms with Crippen LogP contribution in [0.3, 0.4) is 0 Å². The fourth-order valence-corrected chi connectivity index (χ4v) is 4.69. The zero-order valence-electron chi connectivity index (χ0n) is 18.9. The van der Waals surface area contributed by atoms with Crippen molar-refractivity contribution in [3.05, 3.63) is 34.4 Å². The van der Waals surface area contributed by atoms with E-state index < -0.39 is 0 Å². The van der Waals surface area contributed by atoms with Gasteiger partial charge in [-0.2, -0.15) is 0 Å². The molecule has 0 saturated heterocycles. The van der Waals surface area contributed by atoms with Crippen LogP contribution in [0.4, 0.5) is 0 Å². The Kier molecular flexibility index (Phi) is 7.37. The molecule has 0 heterocycles. The van der Waals surface area contributed by atoms with E-state index in [-0.39, 0.29) is 5.41 Å². The van der Waals surface area contributed by atoms with Gasteiger partial charge in [0.15, 0.2) is 0 Å². The van der Waals surface area contributed by atoms with E-state index in [1.54, 1.807) is 11.1 Å². The van der Waals surface area contributed by atoms with Gasteiger partial charge in [0.2, 0.25) is 0 Å². The van der Waals surface area contributed by atoms with Crippen molar-refractivity contribution in [2.45, 2.75) is 108 Å². The molecule has 0 heteroatoms. The maximum atomic E-state index is 2.51. The third kappa shape index (κ3) is 7.55. The van der Waals surface area contributed by atoms with Crippen LogP contribution >= 0.6 is 0 Å². The third-order valence-electron chi connectivity index (χ3n) is 5.76. The molecule has 0 aromatic rings. The molecule has 0 nitrogen and oxygen atoms in total. The second kappa shape index (κ2) is 8.28. The largest absolute Gasteiger partial charge is 0.0850 e. The lowest BCUT2D eigenvalue weighted by Crippen LogP contribution is -2.25. The summed E-state index contributed by atoms with van der Waals surface area (Å²) in [6, 6.07) is 0. The first-order chi connectivity index (χ1) is 11.2. The standard InChI is InChI=1S/C25H44/c1-19(2)16-24(7,8)17-20(3)13-15-23(5,6)18-22-21(4)12-11-14-25(22,9)10/h13,16H,11-12,14-15,17-18H2,1-10H3/b20-13+. The van der Waals surface area contributed by atoms with Crippen molar-refractivity contribution in [1.82, 2.24) is 0 Å². The van der Waals surface area contributed by atoms with Crippen LogP contribution in [0.25, 0.3) is 0 Å². The summed E-state index contributed by atoms with van der Waals surface area (Å²) in [6.45, 7) is 23.6. The normalized spacial score (nSPS) is 19.2. The Labute approximate surface area is 158 Å². The maximum Gasteiger partial charge on any atom is -0.0135 e. The van der Waals surface area contributed by atoms with E-state index in [2.05, 4.69) is 81.4 Å². The van der Waals surface area contributed by atoms with Crippen LogP contribution in [0.5, 0.6) is 0 Å². The van der Waals surface area contributed by atoms with E-state index in [1.807, 2.05) is 0 Å². The highest BCUT2D eigenvalue weighted by atomic mass is 14.4. The van der Waals surface area contributed by atoms with Gasteiger partial charge in [0.05, 0.1) is 0 Å². The molecular formula is C25H44. The van der Waals surface area contributed by atoms with E-state index in [0.29, 0.717) is 10.8 Å². The van der Waals surface area contributed by atoms with Crippen molar-refractivity contribution < 1.29 is 0 Å². The lowest BCUT2D eigenvalue weighted by molar-refractivity contribution is 0.288. The summed E-state index contributed by atoms with van der Waals surface area (Å²) < 4.78 is 0. The molecule has 0 N–H and O–H groups in total. The fourth-order valence-electron chi connectivity index (χ4n) is 4.69. The molecule has 0 unspecified atom stereocenters. The van der Waals surface area contributed by atoms with Gasteiger partial charge in [-0.1, -0.05) is 76.0 Å². The highest BCUT2D eigenvalue weighted by Crippen LogP contribution is 2.46. The summed E-state index contributed by atoms with van der Waals surface area (Å²) in [6.07, 6.45) is 12.5. The predicted octanol–water partition coefficient (Wildman–Crippen LogP) is 8.65. The van der Waals surface area contributed by atoms with Crippen molar-refractivity contribution >= 4 is 0 Å². The average Bonchev–Trinajstić information content (AvgIpc) is 2.39. The first-order valence-electron chi connectivity index (χ1n) is 10.2. The molecule has 0 saturated carbocycles. The molecule has 1 aliphatic rings. The van der Waals surface area contributed by atoms with Crippen LogP contribution in [-0.4, -0.2) is 0 Å². The minimum Gasteiger partial charge on any atom is -0.0850 e. The molecule has 1 aliphatic carbocycles. The molecule has 0 spiro atoms. The van der Waals surface area contributed by atoms with E-state index >= 15 is 0 Å². The molecular weight excluding hydrogens is 300 g/mol. The van der Waals surface area contributed by atoms with Crippen LogP contribution < -0.4 is 0 Å². The highest BCUT2D eigenvalue weighted by molar-refractivity contribution is 5.24. The monoisotopic (exact) mass is 344 g/mol. The minimum absolute atomic E-state index is 0.258. The molecule has 0 radical (unpaired) electrons. The van der Waals surface area contributed by atoms with Crippen LogP contribution in [0, 0.1) is 16.2 Å². The van der Waals surface area contributed by atoms with Crippen molar-refractivity contribution in [2.75, 3.05) is 0 Å². The van der Waals surface area contributed by atoms with Crippen LogP contribution in [-0.2, 0) is 0 Å². The summed E-state index contributed by atoms with van der Waals surface area (Å²) >= 11 is 0. The van der Waals surface area contributed by atoms with Gasteiger partial charge in [-0.05, 0) is 82.5 Å². The number of allylic oxidation sites excluding steroid dienone is 6. The molecule has 0 aromatic carbocycles. The smallest absolute Gasteiger partial charge is 0.0135 e. The first-order valence-corrected chi connectivity index (χ1v) is 10.2. The van der Waals surface area contributed by atoms with Crippen molar-refractivity contribution in [3.63, 3.8) is 0 Å². The van der Waals surface area contributed by atoms with Crippen LogP contribution in [0.1, 0.15) is 108 Å². The van der Waals surface area contributed by atoms with Gasteiger partial charge >= 0.3 is 0 Å². The number of rotatable bonds is 7. The van der Waals surface area contributed by atoms with Gasteiger partial charge < -0.3 is 0 Å². The van der Waals surface area contributed by atoms with Crippen LogP contribution in [0.15, 0.2) is 34.4 Å². The summed E-state index contributed by atoms with van der Waals surface area (Å²) in [7, 11) is 0. The summed E-state index contributed by atoms with van der Waals surface area (Å²) in [5.74, 6) is 0. The van der Waals surface area contributed by atoms with Gasteiger partial charge in [0.1, 0.15) is 0 Å². The molecule has 1 rings (SSSR count). The quantitative estimate of drug-likeness (QED) is 0.405. The van der Waals surface area contributed by atoms with Gasteiger partial charge in [-0.3, -0.25) is 0 Å². The predicted molar refractivity (Wildman–Crippen MR) is 115 cm³/mol. The van der Waals surface area contributed by atoms with Crippen molar-refractivity contribution in [3.8, 4) is 0 Å². The molecule has 0 amide bonds. The Morgan fingerprint density at radius 3 is 2.20 bits per heavy atom. The Balaban J connectivity index is 2.79. The van der Waals surface area contributed by atoms with E-state index in [1.165, 1.54) is 43.3 Å². The highest BCUT2D eigenvalue weighted by Gasteiger charge is 2.32. The first kappa shape index (κ1) is 22.3. The average molecular weight is 345 g/mol. The zero-order valence-corrected chi connectivity index (χ0v) is 18.9. The van der Waals surface area contributed by atoms with Crippen molar-refractivity contribution in [1.29, 1.82) is 0 Å². The van der Waals surface area contributed by atoms with Crippen LogP contribution in [0.2, 0.25) is 0 Å². The Morgan fingerprint density at radius 1 is 1.08 bits per heavy atom. The van der Waals surface area contributed by atoms with Crippen molar-refractivity contribution in [2.24, 2.45) is 16.2 Å². The fraction of sp³-hybridized carbons (Fsp3) is 0.760. The Bertz CT molecular complexity index is 543. The molecule has 25 heavy (non-hydrogen) atoms. The topological polar surface area (TPSA) is 0 Å². The van der Waals surface area contributed by atoms with E-state index in [4.69, 9.17) is 0 Å². The van der Waals surface area contributed by atoms with E-state index in [9.17, 15) is 0 Å². The van der Waals surface area contributed by atoms with Gasteiger partial charge in [-0.25, -0.2) is 0 Å². The molecule has 144 valence electrons. The third-order valence-corrected chi connectivity index (χ3v) is 5.76. The Hall–Kier alpha value is -0.780. The van der Waals surface area contributed by atoms with Gasteiger partial charge in [0, 0.05) is 0 Å². The molecule has 0 bridgehead atoms. The maximum absolute atomic E-state index is 2.51. The SMILES string of the molecule is CC(C)=CC(C)(C)C/C(C)=C/CC(C)(C)CC1=C(C)CCCC1(C)C. The zero-order chi connectivity index (χ0) is 19.5. The number of hydrogen-bond acceptors (Lipinski definition) is 0. The second-order valence-electron chi connectivity index (χ2n) is 11.0. The molecule has 0 aromatic heterocycles. The van der Waals surface area contributed by atoms with Gasteiger partial charge in [-0.15, -0.1) is 0 Å². The summed E-state index contributed by atoms with van der Waals surface area (Å²) in [5, 5.41) is 0. The minimum atomic E-state index is 0.258. The lowest BCUT2D eigenvalue weighted by atomic mass is 9.67. The van der Waals surface area contributed by atoms with E-state index in [0.717, 1.165) is 6.42 Å².